The molecule has 4 nitrogen and oxygen atoms in total. The molecule has 1 fully saturated rings. The molecule has 4 heteroatoms. The van der Waals surface area contributed by atoms with Crippen molar-refractivity contribution >= 4 is 11.7 Å². The lowest BCUT2D eigenvalue weighted by atomic mass is 9.88. The van der Waals surface area contributed by atoms with Gasteiger partial charge in [0, 0.05) is 0 Å². The Bertz CT molecular complexity index is 630. The van der Waals surface area contributed by atoms with Crippen molar-refractivity contribution in [3.63, 3.8) is 0 Å². The highest BCUT2D eigenvalue weighted by molar-refractivity contribution is 5.75. The summed E-state index contributed by atoms with van der Waals surface area (Å²) in [5.41, 5.74) is 3.37. The van der Waals surface area contributed by atoms with Crippen molar-refractivity contribution < 1.29 is 14.3 Å². The van der Waals surface area contributed by atoms with Gasteiger partial charge >= 0.3 is 6.09 Å². The molecule has 2 bridgehead atoms. The van der Waals surface area contributed by atoms with Gasteiger partial charge in [-0.15, -0.1) is 0 Å². The second-order valence-corrected chi connectivity index (χ2v) is 7.36. The Morgan fingerprint density at radius 1 is 1.26 bits per heavy atom. The first-order valence-corrected chi connectivity index (χ1v) is 8.21. The molecule has 0 aliphatic carbocycles. The van der Waals surface area contributed by atoms with Crippen LogP contribution in [0, 0.1) is 6.92 Å². The quantitative estimate of drug-likeness (QED) is 0.791. The van der Waals surface area contributed by atoms with Gasteiger partial charge < -0.3 is 9.47 Å². The lowest BCUT2D eigenvalue weighted by Gasteiger charge is -2.44. The van der Waals surface area contributed by atoms with Crippen molar-refractivity contribution in [2.45, 2.75) is 51.8 Å². The normalized spacial score (nSPS) is 24.2. The summed E-state index contributed by atoms with van der Waals surface area (Å²) in [6.07, 6.45) is 2.73. The minimum atomic E-state index is -0.480. The number of rotatable bonds is 1. The molecule has 1 saturated heterocycles. The van der Waals surface area contributed by atoms with Gasteiger partial charge in [0.15, 0.2) is 0 Å². The summed E-state index contributed by atoms with van der Waals surface area (Å²) in [6, 6.07) is 8.40. The second-order valence-electron chi connectivity index (χ2n) is 7.36. The van der Waals surface area contributed by atoms with E-state index in [-0.39, 0.29) is 18.2 Å². The molecule has 2 aliphatic rings. The van der Waals surface area contributed by atoms with Gasteiger partial charge in [-0.2, -0.15) is 0 Å². The first kappa shape index (κ1) is 16.1. The predicted octanol–water partition coefficient (Wildman–Crippen LogP) is 3.79. The van der Waals surface area contributed by atoms with E-state index < -0.39 is 5.60 Å². The Morgan fingerprint density at radius 3 is 2.65 bits per heavy atom. The van der Waals surface area contributed by atoms with Crippen LogP contribution in [0.3, 0.4) is 0 Å². The molecule has 23 heavy (non-hydrogen) atoms. The molecule has 2 heterocycles. The first-order chi connectivity index (χ1) is 10.8. The van der Waals surface area contributed by atoms with Gasteiger partial charge in [-0.25, -0.2) is 4.79 Å². The Balaban J connectivity index is 1.88. The first-order valence-electron chi connectivity index (χ1n) is 8.21. The number of carbonyl (C=O) groups is 1. The molecule has 1 aromatic rings. The molecule has 0 saturated carbocycles. The van der Waals surface area contributed by atoms with Crippen LogP contribution in [0.1, 0.15) is 38.3 Å². The lowest BCUT2D eigenvalue weighted by molar-refractivity contribution is -0.0510. The average Bonchev–Trinajstić information content (AvgIpc) is 2.44. The van der Waals surface area contributed by atoms with E-state index in [0.29, 0.717) is 13.2 Å². The van der Waals surface area contributed by atoms with E-state index in [2.05, 4.69) is 37.3 Å². The third-order valence-electron chi connectivity index (χ3n) is 4.29. The van der Waals surface area contributed by atoms with Crippen molar-refractivity contribution in [1.82, 2.24) is 4.90 Å². The van der Waals surface area contributed by atoms with Crippen molar-refractivity contribution in [3.05, 3.63) is 41.5 Å². The monoisotopic (exact) mass is 315 g/mol. The third-order valence-corrected chi connectivity index (χ3v) is 4.29. The number of hydrogen-bond acceptors (Lipinski definition) is 3. The van der Waals surface area contributed by atoms with Crippen molar-refractivity contribution in [2.24, 2.45) is 0 Å². The number of nitrogens with zero attached hydrogens (tertiary/aromatic N) is 1. The predicted molar refractivity (Wildman–Crippen MR) is 90.2 cm³/mol. The summed E-state index contributed by atoms with van der Waals surface area (Å²) in [4.78, 5) is 14.4. The fraction of sp³-hybridized carbons (Fsp3) is 0.526. The van der Waals surface area contributed by atoms with Crippen LogP contribution in [0.25, 0.3) is 5.57 Å². The summed E-state index contributed by atoms with van der Waals surface area (Å²) < 4.78 is 11.2. The second kappa shape index (κ2) is 6.00. The summed E-state index contributed by atoms with van der Waals surface area (Å²) in [6.45, 7) is 8.92. The van der Waals surface area contributed by atoms with E-state index in [1.54, 1.807) is 0 Å². The molecule has 1 amide bonds. The third kappa shape index (κ3) is 3.42. The number of fused-ring (bicyclic) bond motifs is 2. The maximum Gasteiger partial charge on any atom is 0.411 e. The zero-order valence-electron chi connectivity index (χ0n) is 14.3. The largest absolute Gasteiger partial charge is 0.444 e. The van der Waals surface area contributed by atoms with Crippen LogP contribution in [0.15, 0.2) is 30.3 Å². The van der Waals surface area contributed by atoms with Crippen molar-refractivity contribution in [1.29, 1.82) is 0 Å². The highest BCUT2D eigenvalue weighted by atomic mass is 16.6. The van der Waals surface area contributed by atoms with Gasteiger partial charge in [-0.1, -0.05) is 30.3 Å². The molecule has 3 rings (SSSR count). The number of benzene rings is 1. The molecule has 2 aliphatic heterocycles. The van der Waals surface area contributed by atoms with Gasteiger partial charge in [0.2, 0.25) is 0 Å². The maximum atomic E-state index is 12.6. The standard InChI is InChI=1S/C19H25NO3/c1-13-7-5-6-8-17(13)14-9-15-11-22-12-16(10-14)20(15)18(21)23-19(2,3)4/h5-9,15-16H,10-12H2,1-4H3. The molecule has 2 unspecified atom stereocenters. The number of hydrogen-bond donors (Lipinski definition) is 0. The molecule has 124 valence electrons. The fourth-order valence-corrected chi connectivity index (χ4v) is 3.33. The van der Waals surface area contributed by atoms with Gasteiger partial charge in [0.25, 0.3) is 0 Å². The molecule has 2 atom stereocenters. The molecular formula is C19H25NO3. The highest BCUT2D eigenvalue weighted by Gasteiger charge is 2.40. The van der Waals surface area contributed by atoms with E-state index in [1.807, 2.05) is 25.7 Å². The van der Waals surface area contributed by atoms with E-state index in [1.165, 1.54) is 16.7 Å². The molecule has 0 N–H and O–H groups in total. The van der Waals surface area contributed by atoms with E-state index in [9.17, 15) is 4.79 Å². The topological polar surface area (TPSA) is 38.8 Å². The van der Waals surface area contributed by atoms with Crippen LogP contribution in [0.2, 0.25) is 0 Å². The van der Waals surface area contributed by atoms with Gasteiger partial charge in [0.05, 0.1) is 25.3 Å². The van der Waals surface area contributed by atoms with Crippen LogP contribution in [-0.4, -0.2) is 41.9 Å². The summed E-state index contributed by atoms with van der Waals surface area (Å²) in [7, 11) is 0. The number of aryl methyl sites for hydroxylation is 1. The van der Waals surface area contributed by atoms with E-state index >= 15 is 0 Å². The SMILES string of the molecule is Cc1ccccc1C1=CC2COCC(C1)N2C(=O)OC(C)(C)C. The minimum Gasteiger partial charge on any atom is -0.444 e. The molecular weight excluding hydrogens is 290 g/mol. The molecule has 0 aromatic heterocycles. The maximum absolute atomic E-state index is 12.6. The van der Waals surface area contributed by atoms with Crippen LogP contribution in [0.5, 0.6) is 0 Å². The fourth-order valence-electron chi connectivity index (χ4n) is 3.33. The summed E-state index contributed by atoms with van der Waals surface area (Å²) in [5.74, 6) is 0. The zero-order valence-corrected chi connectivity index (χ0v) is 14.3. The minimum absolute atomic E-state index is 0.0446. The smallest absolute Gasteiger partial charge is 0.411 e. The van der Waals surface area contributed by atoms with Crippen LogP contribution in [-0.2, 0) is 9.47 Å². The number of ether oxygens (including phenoxy) is 2. The van der Waals surface area contributed by atoms with Gasteiger partial charge in [-0.05, 0) is 50.8 Å². The average molecular weight is 315 g/mol. The zero-order chi connectivity index (χ0) is 16.6. The molecule has 1 aromatic carbocycles. The van der Waals surface area contributed by atoms with E-state index in [4.69, 9.17) is 9.47 Å². The molecule has 0 radical (unpaired) electrons. The van der Waals surface area contributed by atoms with Crippen LogP contribution >= 0.6 is 0 Å². The van der Waals surface area contributed by atoms with Crippen LogP contribution in [0.4, 0.5) is 4.79 Å². The molecule has 0 spiro atoms. The number of amides is 1. The van der Waals surface area contributed by atoms with Gasteiger partial charge in [0.1, 0.15) is 5.60 Å². The number of morpholine rings is 1. The number of carbonyl (C=O) groups excluding carboxylic acids is 1. The Kier molecular flexibility index (Phi) is 4.19. The lowest BCUT2D eigenvalue weighted by Crippen LogP contribution is -2.57. The van der Waals surface area contributed by atoms with Crippen molar-refractivity contribution in [3.8, 4) is 0 Å². The summed E-state index contributed by atoms with van der Waals surface area (Å²) in [5, 5.41) is 0. The Labute approximate surface area is 138 Å². The van der Waals surface area contributed by atoms with Crippen LogP contribution < -0.4 is 0 Å². The van der Waals surface area contributed by atoms with Gasteiger partial charge in [-0.3, -0.25) is 4.90 Å². The highest BCUT2D eigenvalue weighted by Crippen LogP contribution is 2.34. The summed E-state index contributed by atoms with van der Waals surface area (Å²) >= 11 is 0. The van der Waals surface area contributed by atoms with E-state index in [0.717, 1.165) is 6.42 Å². The Morgan fingerprint density at radius 2 is 2.00 bits per heavy atom. The Hall–Kier alpha value is -1.81. The van der Waals surface area contributed by atoms with Crippen molar-refractivity contribution in [2.75, 3.05) is 13.2 Å².